The molecule has 0 saturated carbocycles. The van der Waals surface area contributed by atoms with E-state index in [0.29, 0.717) is 18.9 Å². The first kappa shape index (κ1) is 16.4. The van der Waals surface area contributed by atoms with E-state index in [0.717, 1.165) is 18.5 Å². The normalized spacial score (nSPS) is 11.9. The number of nitrogens with two attached hydrogens (primary N) is 1. The van der Waals surface area contributed by atoms with Gasteiger partial charge in [0.05, 0.1) is 12.8 Å². The summed E-state index contributed by atoms with van der Waals surface area (Å²) in [6.07, 6.45) is 3.27. The summed E-state index contributed by atoms with van der Waals surface area (Å²) in [4.78, 5) is 15.7. The van der Waals surface area contributed by atoms with Crippen LogP contribution < -0.4 is 15.8 Å². The smallest absolute Gasteiger partial charge is 0.258 e. The molecule has 112 valence electrons. The largest absolute Gasteiger partial charge is 0.482 e. The molecule has 1 amide bonds. The molecule has 0 spiro atoms. The average Bonchev–Trinajstić information content (AvgIpc) is 2.46. The Bertz CT molecular complexity index is 395. The molecular formula is C14H23N3O3. The van der Waals surface area contributed by atoms with Gasteiger partial charge in [0.25, 0.3) is 5.91 Å². The second-order valence-corrected chi connectivity index (χ2v) is 4.49. The van der Waals surface area contributed by atoms with Crippen LogP contribution in [0.4, 0.5) is 0 Å². The monoisotopic (exact) mass is 281 g/mol. The molecule has 0 aromatic carbocycles. The van der Waals surface area contributed by atoms with E-state index in [1.807, 2.05) is 13.0 Å². The summed E-state index contributed by atoms with van der Waals surface area (Å²) in [5, 5.41) is 2.67. The van der Waals surface area contributed by atoms with Crippen LogP contribution in [-0.4, -0.2) is 43.8 Å². The van der Waals surface area contributed by atoms with Gasteiger partial charge in [-0.1, -0.05) is 6.92 Å². The lowest BCUT2D eigenvalue weighted by atomic mass is 10.1. The van der Waals surface area contributed by atoms with Crippen LogP contribution in [0.25, 0.3) is 0 Å². The summed E-state index contributed by atoms with van der Waals surface area (Å²) in [7, 11) is 1.58. The zero-order chi connectivity index (χ0) is 14.8. The van der Waals surface area contributed by atoms with Crippen LogP contribution in [0, 0.1) is 0 Å². The molecule has 0 radical (unpaired) electrons. The number of hydrogen-bond acceptors (Lipinski definition) is 5. The highest BCUT2D eigenvalue weighted by Crippen LogP contribution is 2.10. The van der Waals surface area contributed by atoms with Crippen molar-refractivity contribution in [1.29, 1.82) is 0 Å². The van der Waals surface area contributed by atoms with Crippen molar-refractivity contribution in [2.24, 2.45) is 5.73 Å². The summed E-state index contributed by atoms with van der Waals surface area (Å²) >= 11 is 0. The van der Waals surface area contributed by atoms with E-state index in [4.69, 9.17) is 15.2 Å². The van der Waals surface area contributed by atoms with Gasteiger partial charge in [0.1, 0.15) is 5.75 Å². The van der Waals surface area contributed by atoms with Gasteiger partial charge in [-0.05, 0) is 18.6 Å². The number of pyridine rings is 1. The highest BCUT2D eigenvalue weighted by Gasteiger charge is 2.05. The van der Waals surface area contributed by atoms with Gasteiger partial charge in [0, 0.05) is 31.8 Å². The van der Waals surface area contributed by atoms with Gasteiger partial charge in [-0.2, -0.15) is 0 Å². The molecule has 1 unspecified atom stereocenters. The van der Waals surface area contributed by atoms with Crippen LogP contribution >= 0.6 is 0 Å². The third-order valence-corrected chi connectivity index (χ3v) is 2.79. The van der Waals surface area contributed by atoms with Crippen LogP contribution in [0.15, 0.2) is 18.3 Å². The Balaban J connectivity index is 2.32. The molecule has 3 N–H and O–H groups in total. The number of ether oxygens (including phenoxy) is 2. The van der Waals surface area contributed by atoms with E-state index >= 15 is 0 Å². The average molecular weight is 281 g/mol. The second kappa shape index (κ2) is 9.28. The molecule has 1 heterocycles. The van der Waals surface area contributed by atoms with Crippen molar-refractivity contribution in [2.45, 2.75) is 25.8 Å². The molecule has 0 aliphatic heterocycles. The van der Waals surface area contributed by atoms with Crippen LogP contribution in [0.2, 0.25) is 0 Å². The van der Waals surface area contributed by atoms with Crippen LogP contribution in [-0.2, 0) is 16.0 Å². The summed E-state index contributed by atoms with van der Waals surface area (Å²) in [6.45, 7) is 2.98. The Labute approximate surface area is 119 Å². The molecule has 0 saturated heterocycles. The molecule has 1 aromatic heterocycles. The fourth-order valence-corrected chi connectivity index (χ4v) is 1.52. The second-order valence-electron chi connectivity index (χ2n) is 4.49. The Morgan fingerprint density at radius 2 is 2.30 bits per heavy atom. The maximum atomic E-state index is 11.4. The van der Waals surface area contributed by atoms with Gasteiger partial charge in [0.2, 0.25) is 0 Å². The SMILES string of the molecule is CCC(N)Cc1ccc(OCC(=O)NCCOC)cn1. The van der Waals surface area contributed by atoms with Crippen molar-refractivity contribution in [3.8, 4) is 5.75 Å². The van der Waals surface area contributed by atoms with E-state index in [2.05, 4.69) is 10.3 Å². The highest BCUT2D eigenvalue weighted by molar-refractivity contribution is 5.77. The zero-order valence-corrected chi connectivity index (χ0v) is 12.1. The van der Waals surface area contributed by atoms with Gasteiger partial charge >= 0.3 is 0 Å². The Kier molecular flexibility index (Phi) is 7.60. The summed E-state index contributed by atoms with van der Waals surface area (Å²) in [5.41, 5.74) is 6.79. The minimum absolute atomic E-state index is 0.0286. The number of carbonyl (C=O) groups excluding carboxylic acids is 1. The van der Waals surface area contributed by atoms with Gasteiger partial charge < -0.3 is 20.5 Å². The lowest BCUT2D eigenvalue weighted by molar-refractivity contribution is -0.123. The number of rotatable bonds is 9. The number of amides is 1. The van der Waals surface area contributed by atoms with E-state index < -0.39 is 0 Å². The van der Waals surface area contributed by atoms with Crippen LogP contribution in [0.5, 0.6) is 5.75 Å². The molecule has 1 atom stereocenters. The summed E-state index contributed by atoms with van der Waals surface area (Å²) < 4.78 is 10.2. The maximum absolute atomic E-state index is 11.4. The molecule has 6 heteroatoms. The third kappa shape index (κ3) is 6.49. The first-order chi connectivity index (χ1) is 9.65. The van der Waals surface area contributed by atoms with E-state index in [-0.39, 0.29) is 18.6 Å². The highest BCUT2D eigenvalue weighted by atomic mass is 16.5. The standard InChI is InChI=1S/C14H23N3O3/c1-3-11(15)8-12-4-5-13(9-17-12)20-10-14(18)16-6-7-19-2/h4-5,9,11H,3,6-8,10,15H2,1-2H3,(H,16,18). The molecule has 0 fully saturated rings. The summed E-state index contributed by atoms with van der Waals surface area (Å²) in [6, 6.07) is 3.79. The predicted octanol–water partition coefficient (Wildman–Crippen LogP) is 0.503. The first-order valence-electron chi connectivity index (χ1n) is 6.74. The Morgan fingerprint density at radius 3 is 2.90 bits per heavy atom. The number of aromatic nitrogens is 1. The Morgan fingerprint density at radius 1 is 1.50 bits per heavy atom. The number of carbonyl (C=O) groups is 1. The molecule has 0 aliphatic rings. The quantitative estimate of drug-likeness (QED) is 0.644. The van der Waals surface area contributed by atoms with Crippen LogP contribution in [0.3, 0.4) is 0 Å². The van der Waals surface area contributed by atoms with Crippen LogP contribution in [0.1, 0.15) is 19.0 Å². The van der Waals surface area contributed by atoms with E-state index in [1.54, 1.807) is 19.4 Å². The van der Waals surface area contributed by atoms with Gasteiger partial charge in [-0.3, -0.25) is 9.78 Å². The molecule has 20 heavy (non-hydrogen) atoms. The minimum atomic E-state index is -0.181. The van der Waals surface area contributed by atoms with Gasteiger partial charge in [-0.25, -0.2) is 0 Å². The summed E-state index contributed by atoms with van der Waals surface area (Å²) in [5.74, 6) is 0.389. The molecule has 0 bridgehead atoms. The van der Waals surface area contributed by atoms with Crippen molar-refractivity contribution in [1.82, 2.24) is 10.3 Å². The lowest BCUT2D eigenvalue weighted by Gasteiger charge is -2.09. The predicted molar refractivity (Wildman–Crippen MR) is 76.6 cm³/mol. The van der Waals surface area contributed by atoms with Crippen molar-refractivity contribution in [3.63, 3.8) is 0 Å². The minimum Gasteiger partial charge on any atom is -0.482 e. The van der Waals surface area contributed by atoms with Crippen molar-refractivity contribution in [2.75, 3.05) is 26.9 Å². The van der Waals surface area contributed by atoms with Gasteiger partial charge in [-0.15, -0.1) is 0 Å². The fourth-order valence-electron chi connectivity index (χ4n) is 1.52. The van der Waals surface area contributed by atoms with Crippen molar-refractivity contribution in [3.05, 3.63) is 24.0 Å². The van der Waals surface area contributed by atoms with Crippen molar-refractivity contribution >= 4 is 5.91 Å². The van der Waals surface area contributed by atoms with E-state index in [9.17, 15) is 4.79 Å². The number of nitrogens with zero attached hydrogens (tertiary/aromatic N) is 1. The Hall–Kier alpha value is -1.66. The third-order valence-electron chi connectivity index (χ3n) is 2.79. The molecule has 1 aromatic rings. The zero-order valence-electron chi connectivity index (χ0n) is 12.1. The molecule has 6 nitrogen and oxygen atoms in total. The first-order valence-corrected chi connectivity index (χ1v) is 6.74. The maximum Gasteiger partial charge on any atom is 0.258 e. The van der Waals surface area contributed by atoms with Crippen molar-refractivity contribution < 1.29 is 14.3 Å². The molecule has 1 rings (SSSR count). The lowest BCUT2D eigenvalue weighted by Crippen LogP contribution is -2.31. The van der Waals surface area contributed by atoms with E-state index in [1.165, 1.54) is 0 Å². The van der Waals surface area contributed by atoms with Gasteiger partial charge in [0.15, 0.2) is 6.61 Å². The number of nitrogens with one attached hydrogen (secondary N) is 1. The number of methoxy groups -OCH3 is 1. The topological polar surface area (TPSA) is 86.5 Å². The molecule has 0 aliphatic carbocycles. The number of hydrogen-bond donors (Lipinski definition) is 2. The fraction of sp³-hybridized carbons (Fsp3) is 0.571. The molecular weight excluding hydrogens is 258 g/mol.